The molecule has 0 aliphatic carbocycles. The minimum atomic E-state index is -0.582. The van der Waals surface area contributed by atoms with Crippen molar-refractivity contribution in [3.8, 4) is 5.75 Å². The molecule has 0 unspecified atom stereocenters. The average Bonchev–Trinajstić information content (AvgIpc) is 2.98. The number of carbonyl (C=O) groups is 1. The lowest BCUT2D eigenvalue weighted by molar-refractivity contribution is -0.134. The molecule has 0 aromatic heterocycles. The molecule has 0 bridgehead atoms. The fourth-order valence-electron chi connectivity index (χ4n) is 5.14. The number of fused-ring (bicyclic) bond motifs is 1. The zero-order valence-electron chi connectivity index (χ0n) is 22.4. The van der Waals surface area contributed by atoms with Crippen LogP contribution in [0.15, 0.2) is 84.9 Å². The second kappa shape index (κ2) is 13.4. The Balaban J connectivity index is 1.09. The summed E-state index contributed by atoms with van der Waals surface area (Å²) < 4.78 is 5.98. The number of ether oxygens (including phenoxy) is 1. The number of carbonyl (C=O) groups excluding carboxylic acids is 1. The van der Waals surface area contributed by atoms with Crippen LogP contribution in [0.1, 0.15) is 16.7 Å². The molecule has 5 rings (SSSR count). The molecule has 3 aromatic rings. The third kappa shape index (κ3) is 7.69. The van der Waals surface area contributed by atoms with Gasteiger partial charge in [0.2, 0.25) is 5.91 Å². The van der Waals surface area contributed by atoms with E-state index in [0.29, 0.717) is 26.2 Å². The smallest absolute Gasteiger partial charge is 0.237 e. The highest BCUT2D eigenvalue weighted by Gasteiger charge is 2.24. The molecule has 1 fully saturated rings. The Morgan fingerprint density at radius 3 is 2.18 bits per heavy atom. The first-order chi connectivity index (χ1) is 19.1. The maximum Gasteiger partial charge on any atom is 0.237 e. The molecule has 7 nitrogen and oxygen atoms in total. The van der Waals surface area contributed by atoms with Crippen molar-refractivity contribution < 1.29 is 14.6 Å². The molecule has 0 radical (unpaired) electrons. The van der Waals surface area contributed by atoms with Gasteiger partial charge in [0.05, 0.1) is 6.54 Å². The Morgan fingerprint density at radius 1 is 0.872 bits per heavy atom. The van der Waals surface area contributed by atoms with Crippen molar-refractivity contribution in [1.82, 2.24) is 14.7 Å². The number of aliphatic hydroxyl groups is 1. The highest BCUT2D eigenvalue weighted by molar-refractivity contribution is 5.78. The van der Waals surface area contributed by atoms with Crippen LogP contribution in [0.4, 0.5) is 5.69 Å². The molecular formula is C32H38N4O3. The number of β-amino-alcohol motifs (C(OH)–C–C–N with tert-alkyl or cyclic N) is 1. The van der Waals surface area contributed by atoms with Gasteiger partial charge in [0.1, 0.15) is 18.5 Å². The number of benzene rings is 3. The van der Waals surface area contributed by atoms with Gasteiger partial charge in [0.25, 0.3) is 0 Å². The molecule has 1 amide bonds. The quantitative estimate of drug-likeness (QED) is 0.397. The van der Waals surface area contributed by atoms with Gasteiger partial charge >= 0.3 is 0 Å². The van der Waals surface area contributed by atoms with Crippen LogP contribution < -0.4 is 10.1 Å². The summed E-state index contributed by atoms with van der Waals surface area (Å²) in [6, 6.07) is 26.3. The molecule has 2 aliphatic rings. The van der Waals surface area contributed by atoms with Crippen LogP contribution in [0, 0.1) is 0 Å². The van der Waals surface area contributed by atoms with Crippen LogP contribution >= 0.6 is 0 Å². The number of amides is 1. The maximum absolute atomic E-state index is 13.4. The van der Waals surface area contributed by atoms with Crippen LogP contribution in [0.25, 0.3) is 6.08 Å². The van der Waals surface area contributed by atoms with Crippen molar-refractivity contribution in [2.24, 2.45) is 0 Å². The molecule has 2 aliphatic heterocycles. The van der Waals surface area contributed by atoms with Crippen LogP contribution in [-0.4, -0.2) is 84.2 Å². The van der Waals surface area contributed by atoms with E-state index in [0.717, 1.165) is 60.9 Å². The number of piperazine rings is 1. The van der Waals surface area contributed by atoms with Crippen molar-refractivity contribution in [2.45, 2.75) is 19.2 Å². The number of hydrogen-bond acceptors (Lipinski definition) is 6. The number of hydrogen-bond donors (Lipinski definition) is 2. The zero-order valence-corrected chi connectivity index (χ0v) is 22.4. The molecule has 204 valence electrons. The third-order valence-corrected chi connectivity index (χ3v) is 7.27. The summed E-state index contributed by atoms with van der Waals surface area (Å²) in [6.45, 7) is 6.43. The molecule has 2 N–H and O–H groups in total. The number of aliphatic hydroxyl groups excluding tert-OH is 1. The van der Waals surface area contributed by atoms with E-state index in [-0.39, 0.29) is 12.5 Å². The van der Waals surface area contributed by atoms with Crippen molar-refractivity contribution in [2.75, 3.05) is 57.7 Å². The topological polar surface area (TPSA) is 68.3 Å². The minimum absolute atomic E-state index is 0.138. The molecule has 3 aromatic carbocycles. The Hall–Kier alpha value is -3.65. The summed E-state index contributed by atoms with van der Waals surface area (Å²) >= 11 is 0. The Kier molecular flexibility index (Phi) is 9.27. The van der Waals surface area contributed by atoms with Gasteiger partial charge in [0.15, 0.2) is 0 Å². The Morgan fingerprint density at radius 2 is 1.51 bits per heavy atom. The standard InChI is InChI=1S/C32H38N4O3/c37-28(25-39-31-15-7-14-30-29(31)13-8-16-33-30)23-34-17-19-35(20-18-34)24-32(38)36(21-26-9-3-1-4-10-26)22-27-11-5-2-6-12-27/h1-15,28,33,37H,16-25H2/t28-/m1/s1. The van der Waals surface area contributed by atoms with Gasteiger partial charge in [-0.3, -0.25) is 14.6 Å². The lowest BCUT2D eigenvalue weighted by Gasteiger charge is -2.36. The summed E-state index contributed by atoms with van der Waals surface area (Å²) in [5.74, 6) is 0.924. The highest BCUT2D eigenvalue weighted by Crippen LogP contribution is 2.30. The van der Waals surface area contributed by atoms with E-state index in [9.17, 15) is 9.90 Å². The van der Waals surface area contributed by atoms with Gasteiger partial charge in [0, 0.05) is 63.6 Å². The second-order valence-corrected chi connectivity index (χ2v) is 10.3. The largest absolute Gasteiger partial charge is 0.490 e. The van der Waals surface area contributed by atoms with Gasteiger partial charge < -0.3 is 20.1 Å². The van der Waals surface area contributed by atoms with Crippen molar-refractivity contribution in [3.05, 3.63) is 102 Å². The molecule has 0 spiro atoms. The Labute approximate surface area is 231 Å². The Bertz CT molecular complexity index is 1190. The fraction of sp³-hybridized carbons (Fsp3) is 0.344. The molecular weight excluding hydrogens is 488 g/mol. The molecule has 2 heterocycles. The molecule has 1 saturated heterocycles. The number of nitrogens with zero attached hydrogens (tertiary/aromatic N) is 3. The molecule has 39 heavy (non-hydrogen) atoms. The van der Waals surface area contributed by atoms with Crippen LogP contribution in [-0.2, 0) is 17.9 Å². The van der Waals surface area contributed by atoms with E-state index in [1.165, 1.54) is 0 Å². The van der Waals surface area contributed by atoms with Crippen molar-refractivity contribution in [3.63, 3.8) is 0 Å². The molecule has 1 atom stereocenters. The molecule has 0 saturated carbocycles. The second-order valence-electron chi connectivity index (χ2n) is 10.3. The van der Waals surface area contributed by atoms with E-state index in [4.69, 9.17) is 4.74 Å². The highest BCUT2D eigenvalue weighted by atomic mass is 16.5. The third-order valence-electron chi connectivity index (χ3n) is 7.27. The number of nitrogens with one attached hydrogen (secondary N) is 1. The SMILES string of the molecule is O=C(CN1CCN(C[C@@H](O)COc2cccc3c2C=CCN3)CC1)N(Cc1ccccc1)Cc1ccccc1. The summed E-state index contributed by atoms with van der Waals surface area (Å²) in [4.78, 5) is 19.8. The van der Waals surface area contributed by atoms with Crippen LogP contribution in [0.5, 0.6) is 5.75 Å². The molecule has 7 heteroatoms. The van der Waals surface area contributed by atoms with Crippen LogP contribution in [0.2, 0.25) is 0 Å². The predicted octanol–water partition coefficient (Wildman–Crippen LogP) is 3.71. The van der Waals surface area contributed by atoms with Gasteiger partial charge in [-0.05, 0) is 23.3 Å². The number of anilines is 1. The summed E-state index contributed by atoms with van der Waals surface area (Å²) in [5, 5.41) is 14.0. The summed E-state index contributed by atoms with van der Waals surface area (Å²) in [5.41, 5.74) is 4.35. The maximum atomic E-state index is 13.4. The summed E-state index contributed by atoms with van der Waals surface area (Å²) in [7, 11) is 0. The normalized spacial score (nSPS) is 16.2. The van der Waals surface area contributed by atoms with E-state index in [1.54, 1.807) is 0 Å². The lowest BCUT2D eigenvalue weighted by Crippen LogP contribution is -2.51. The monoisotopic (exact) mass is 526 g/mol. The first kappa shape index (κ1) is 26.9. The fourth-order valence-corrected chi connectivity index (χ4v) is 5.14. The van der Waals surface area contributed by atoms with Gasteiger partial charge in [-0.25, -0.2) is 0 Å². The zero-order chi connectivity index (χ0) is 26.9. The average molecular weight is 527 g/mol. The summed E-state index contributed by atoms with van der Waals surface area (Å²) in [6.07, 6.45) is 3.55. The first-order valence-corrected chi connectivity index (χ1v) is 13.8. The lowest BCUT2D eigenvalue weighted by atomic mass is 10.1. The van der Waals surface area contributed by atoms with E-state index in [2.05, 4.69) is 51.5 Å². The van der Waals surface area contributed by atoms with E-state index in [1.807, 2.05) is 59.5 Å². The van der Waals surface area contributed by atoms with E-state index >= 15 is 0 Å². The van der Waals surface area contributed by atoms with E-state index < -0.39 is 6.10 Å². The first-order valence-electron chi connectivity index (χ1n) is 13.8. The van der Waals surface area contributed by atoms with Crippen molar-refractivity contribution in [1.29, 1.82) is 0 Å². The number of rotatable bonds is 11. The van der Waals surface area contributed by atoms with Gasteiger partial charge in [-0.1, -0.05) is 78.9 Å². The van der Waals surface area contributed by atoms with Crippen molar-refractivity contribution >= 4 is 17.7 Å². The van der Waals surface area contributed by atoms with Gasteiger partial charge in [-0.15, -0.1) is 0 Å². The minimum Gasteiger partial charge on any atom is -0.490 e. The van der Waals surface area contributed by atoms with Crippen LogP contribution in [0.3, 0.4) is 0 Å². The van der Waals surface area contributed by atoms with Gasteiger partial charge in [-0.2, -0.15) is 0 Å². The predicted molar refractivity (Wildman–Crippen MR) is 155 cm³/mol.